The van der Waals surface area contributed by atoms with Gasteiger partial charge in [-0.3, -0.25) is 9.78 Å². The van der Waals surface area contributed by atoms with E-state index in [1.54, 1.807) is 12.3 Å². The number of aromatic nitrogens is 2. The van der Waals surface area contributed by atoms with E-state index in [1.807, 2.05) is 54.8 Å². The van der Waals surface area contributed by atoms with Gasteiger partial charge >= 0.3 is 5.97 Å². The first-order valence-corrected chi connectivity index (χ1v) is 8.82. The maximum atomic E-state index is 12.5. The van der Waals surface area contributed by atoms with Gasteiger partial charge in [-0.05, 0) is 54.0 Å². The fourth-order valence-electron chi connectivity index (χ4n) is 2.84. The maximum absolute atomic E-state index is 12.5. The van der Waals surface area contributed by atoms with Crippen molar-refractivity contribution in [1.29, 1.82) is 0 Å². The number of pyridine rings is 1. The maximum Gasteiger partial charge on any atom is 0.340 e. The molecule has 0 spiro atoms. The highest BCUT2D eigenvalue weighted by Crippen LogP contribution is 2.21. The number of ether oxygens (including phenoxy) is 1. The van der Waals surface area contributed by atoms with Crippen LogP contribution in [0.15, 0.2) is 59.3 Å². The van der Waals surface area contributed by atoms with Crippen LogP contribution >= 0.6 is 15.9 Å². The lowest BCUT2D eigenvalue weighted by Crippen LogP contribution is -2.15. The van der Waals surface area contributed by atoms with Crippen molar-refractivity contribution in [3.63, 3.8) is 0 Å². The Morgan fingerprint density at radius 2 is 1.85 bits per heavy atom. The summed E-state index contributed by atoms with van der Waals surface area (Å²) in [6.07, 6.45) is 2.97. The van der Waals surface area contributed by atoms with Crippen LogP contribution in [0.25, 0.3) is 5.69 Å². The third-order valence-corrected chi connectivity index (χ3v) is 4.45. The van der Waals surface area contributed by atoms with Crippen molar-refractivity contribution >= 4 is 27.7 Å². The van der Waals surface area contributed by atoms with Crippen molar-refractivity contribution in [3.8, 4) is 5.69 Å². The summed E-state index contributed by atoms with van der Waals surface area (Å²) in [5, 5.41) is 0. The normalized spacial score (nSPS) is 10.6. The van der Waals surface area contributed by atoms with Crippen molar-refractivity contribution in [2.24, 2.45) is 0 Å². The molecule has 5 nitrogen and oxygen atoms in total. The zero-order valence-corrected chi connectivity index (χ0v) is 16.0. The van der Waals surface area contributed by atoms with Crippen LogP contribution in [0.2, 0.25) is 0 Å². The molecular formula is C20H17BrN2O3. The van der Waals surface area contributed by atoms with Gasteiger partial charge in [-0.15, -0.1) is 0 Å². The summed E-state index contributed by atoms with van der Waals surface area (Å²) in [7, 11) is 0. The molecule has 0 N–H and O–H groups in total. The van der Waals surface area contributed by atoms with E-state index in [0.29, 0.717) is 15.6 Å². The molecule has 132 valence electrons. The molecule has 2 heterocycles. The topological polar surface area (TPSA) is 61.2 Å². The van der Waals surface area contributed by atoms with E-state index in [1.165, 1.54) is 6.20 Å². The summed E-state index contributed by atoms with van der Waals surface area (Å²) in [5.74, 6) is -0.819. The molecule has 0 saturated heterocycles. The summed E-state index contributed by atoms with van der Waals surface area (Å²) in [5.41, 5.74) is 3.59. The number of aryl methyl sites for hydroxylation is 1. The first-order valence-electron chi connectivity index (χ1n) is 8.02. The van der Waals surface area contributed by atoms with Gasteiger partial charge in [0.25, 0.3) is 0 Å². The van der Waals surface area contributed by atoms with Crippen LogP contribution in [0.5, 0.6) is 0 Å². The molecule has 3 aromatic rings. The summed E-state index contributed by atoms with van der Waals surface area (Å²) < 4.78 is 7.83. The molecule has 2 aromatic heterocycles. The second-order valence-electron chi connectivity index (χ2n) is 5.85. The van der Waals surface area contributed by atoms with Gasteiger partial charge in [0.2, 0.25) is 5.78 Å². The van der Waals surface area contributed by atoms with Gasteiger partial charge in [-0.2, -0.15) is 0 Å². The van der Waals surface area contributed by atoms with Gasteiger partial charge in [-0.25, -0.2) is 4.79 Å². The lowest BCUT2D eigenvalue weighted by Gasteiger charge is -2.09. The van der Waals surface area contributed by atoms with E-state index >= 15 is 0 Å². The van der Waals surface area contributed by atoms with E-state index in [0.717, 1.165) is 17.1 Å². The molecule has 6 heteroatoms. The second-order valence-corrected chi connectivity index (χ2v) is 6.76. The van der Waals surface area contributed by atoms with Crippen molar-refractivity contribution in [1.82, 2.24) is 9.55 Å². The molecule has 0 saturated carbocycles. The largest absolute Gasteiger partial charge is 0.454 e. The van der Waals surface area contributed by atoms with Gasteiger partial charge in [0, 0.05) is 39.5 Å². The predicted octanol–water partition coefficient (Wildman–Crippen LogP) is 4.29. The fraction of sp³-hybridized carbons (Fsp3) is 0.150. The lowest BCUT2D eigenvalue weighted by atomic mass is 10.1. The Bertz CT molecular complexity index is 964. The molecule has 0 atom stereocenters. The molecule has 0 aliphatic heterocycles. The number of para-hydroxylation sites is 1. The molecular weight excluding hydrogens is 396 g/mol. The van der Waals surface area contributed by atoms with Crippen molar-refractivity contribution in [2.75, 3.05) is 6.61 Å². The molecule has 0 fully saturated rings. The number of carbonyl (C=O) groups excluding carboxylic acids is 2. The third kappa shape index (κ3) is 3.75. The number of esters is 1. The highest BCUT2D eigenvalue weighted by Gasteiger charge is 2.18. The monoisotopic (exact) mass is 412 g/mol. The zero-order chi connectivity index (χ0) is 18.7. The number of Topliss-reactive ketones (excluding diaryl/α,β-unsaturated/α-hetero) is 1. The van der Waals surface area contributed by atoms with E-state index < -0.39 is 5.97 Å². The minimum Gasteiger partial charge on any atom is -0.454 e. The first kappa shape index (κ1) is 18.1. The lowest BCUT2D eigenvalue weighted by molar-refractivity contribution is 0.0474. The average molecular weight is 413 g/mol. The summed E-state index contributed by atoms with van der Waals surface area (Å²) >= 11 is 3.25. The van der Waals surface area contributed by atoms with Gasteiger partial charge in [0.05, 0.1) is 5.56 Å². The van der Waals surface area contributed by atoms with Crippen molar-refractivity contribution in [3.05, 3.63) is 81.8 Å². The fourth-order valence-corrected chi connectivity index (χ4v) is 3.20. The third-order valence-electron chi connectivity index (χ3n) is 4.02. The Kier molecular flexibility index (Phi) is 5.32. The molecule has 0 unspecified atom stereocenters. The van der Waals surface area contributed by atoms with Gasteiger partial charge in [0.1, 0.15) is 0 Å². The van der Waals surface area contributed by atoms with E-state index in [4.69, 9.17) is 4.74 Å². The minimum atomic E-state index is -0.580. The van der Waals surface area contributed by atoms with Crippen LogP contribution in [0, 0.1) is 13.8 Å². The van der Waals surface area contributed by atoms with Crippen LogP contribution in [-0.4, -0.2) is 27.9 Å². The van der Waals surface area contributed by atoms with Crippen LogP contribution in [0.1, 0.15) is 32.1 Å². The van der Waals surface area contributed by atoms with Crippen LogP contribution in [0.3, 0.4) is 0 Å². The van der Waals surface area contributed by atoms with E-state index in [9.17, 15) is 9.59 Å². The number of hydrogen-bond acceptors (Lipinski definition) is 4. The quantitative estimate of drug-likeness (QED) is 0.463. The van der Waals surface area contributed by atoms with Crippen LogP contribution < -0.4 is 0 Å². The van der Waals surface area contributed by atoms with Crippen LogP contribution in [0.4, 0.5) is 0 Å². The van der Waals surface area contributed by atoms with E-state index in [2.05, 4.69) is 20.9 Å². The molecule has 0 radical (unpaired) electrons. The number of rotatable bonds is 5. The summed E-state index contributed by atoms with van der Waals surface area (Å²) in [6, 6.07) is 13.2. The Hall–Kier alpha value is -2.73. The van der Waals surface area contributed by atoms with Crippen molar-refractivity contribution in [2.45, 2.75) is 13.8 Å². The Morgan fingerprint density at radius 3 is 2.54 bits per heavy atom. The SMILES string of the molecule is Cc1cc(C(=O)COC(=O)c2cncc(Br)c2)c(C)n1-c1ccccc1. The van der Waals surface area contributed by atoms with Crippen molar-refractivity contribution < 1.29 is 14.3 Å². The number of benzene rings is 1. The number of hydrogen-bond donors (Lipinski definition) is 0. The molecule has 3 rings (SSSR count). The number of ketones is 1. The second kappa shape index (κ2) is 7.66. The molecule has 1 aromatic carbocycles. The zero-order valence-electron chi connectivity index (χ0n) is 14.4. The summed E-state index contributed by atoms with van der Waals surface area (Å²) in [6.45, 7) is 3.51. The predicted molar refractivity (Wildman–Crippen MR) is 102 cm³/mol. The Balaban J connectivity index is 1.76. The smallest absolute Gasteiger partial charge is 0.340 e. The Morgan fingerprint density at radius 1 is 1.12 bits per heavy atom. The highest BCUT2D eigenvalue weighted by molar-refractivity contribution is 9.10. The minimum absolute atomic E-state index is 0.239. The molecule has 0 amide bonds. The number of nitrogens with zero attached hydrogens (tertiary/aromatic N) is 2. The highest BCUT2D eigenvalue weighted by atomic mass is 79.9. The van der Waals surface area contributed by atoms with Gasteiger partial charge < -0.3 is 9.30 Å². The average Bonchev–Trinajstić information content (AvgIpc) is 2.94. The Labute approximate surface area is 159 Å². The summed E-state index contributed by atoms with van der Waals surface area (Å²) in [4.78, 5) is 28.5. The van der Waals surface area contributed by atoms with E-state index in [-0.39, 0.29) is 12.4 Å². The number of carbonyl (C=O) groups is 2. The first-order chi connectivity index (χ1) is 12.5. The number of halogens is 1. The molecule has 0 aliphatic rings. The molecule has 0 bridgehead atoms. The standard InChI is InChI=1S/C20H17BrN2O3/c1-13-8-18(14(2)23(13)17-6-4-3-5-7-17)19(24)12-26-20(25)15-9-16(21)11-22-10-15/h3-11H,12H2,1-2H3. The van der Waals surface area contributed by atoms with Crippen LogP contribution in [-0.2, 0) is 4.74 Å². The molecule has 0 aliphatic carbocycles. The molecule has 26 heavy (non-hydrogen) atoms. The van der Waals surface area contributed by atoms with Gasteiger partial charge in [0.15, 0.2) is 6.61 Å². The van der Waals surface area contributed by atoms with Gasteiger partial charge in [-0.1, -0.05) is 18.2 Å².